The Morgan fingerprint density at radius 3 is 2.84 bits per heavy atom. The quantitative estimate of drug-likeness (QED) is 0.838. The fraction of sp³-hybridized carbons (Fsp3) is 0.533. The van der Waals surface area contributed by atoms with E-state index in [4.69, 9.17) is 4.74 Å². The molecular weight excluding hydrogens is 245 g/mol. The number of hydrogen-bond acceptors (Lipinski definition) is 3. The first-order valence-corrected chi connectivity index (χ1v) is 6.67. The number of carbonyl (C=O) groups is 1. The number of ketones is 1. The van der Waals surface area contributed by atoms with E-state index in [1.54, 1.807) is 6.07 Å². The van der Waals surface area contributed by atoms with E-state index < -0.39 is 0 Å². The lowest BCUT2D eigenvalue weighted by Gasteiger charge is -2.29. The molecule has 1 aromatic rings. The zero-order valence-corrected chi connectivity index (χ0v) is 11.5. The van der Waals surface area contributed by atoms with Gasteiger partial charge in [0.2, 0.25) is 0 Å². The molecule has 1 unspecified atom stereocenters. The number of likely N-dealkylation sites (N-methyl/N-ethyl adjacent to an activating group) is 1. The number of hydrogen-bond donors (Lipinski definition) is 0. The Kier molecular flexibility index (Phi) is 4.53. The predicted molar refractivity (Wildman–Crippen MR) is 71.7 cm³/mol. The lowest BCUT2D eigenvalue weighted by molar-refractivity contribution is -0.125. The van der Waals surface area contributed by atoms with Gasteiger partial charge in [-0.2, -0.15) is 0 Å². The monoisotopic (exact) mass is 265 g/mol. The minimum atomic E-state index is -0.358. The Balaban J connectivity index is 2.03. The highest BCUT2D eigenvalue weighted by atomic mass is 19.1. The number of Topliss-reactive ketones (excluding diaryl/α,β-unsaturated/α-hetero) is 1. The minimum Gasteiger partial charge on any atom is -0.494 e. The largest absolute Gasteiger partial charge is 0.494 e. The first-order valence-electron chi connectivity index (χ1n) is 6.67. The Hall–Kier alpha value is -1.42. The molecular formula is C15H20FNO2. The summed E-state index contributed by atoms with van der Waals surface area (Å²) < 4.78 is 18.5. The van der Waals surface area contributed by atoms with E-state index in [1.165, 1.54) is 13.2 Å². The SMILES string of the molecule is COc1ccc(CN(C)C2CCCCC2=O)cc1F. The van der Waals surface area contributed by atoms with Crippen LogP contribution in [0.2, 0.25) is 0 Å². The van der Waals surface area contributed by atoms with Crippen molar-refractivity contribution in [2.45, 2.75) is 38.3 Å². The van der Waals surface area contributed by atoms with Crippen molar-refractivity contribution in [3.05, 3.63) is 29.6 Å². The highest BCUT2D eigenvalue weighted by Gasteiger charge is 2.25. The molecule has 0 N–H and O–H groups in total. The maximum absolute atomic E-state index is 13.6. The van der Waals surface area contributed by atoms with Gasteiger partial charge in [0.05, 0.1) is 13.2 Å². The molecule has 3 nitrogen and oxygen atoms in total. The summed E-state index contributed by atoms with van der Waals surface area (Å²) in [6.07, 6.45) is 3.68. The fourth-order valence-corrected chi connectivity index (χ4v) is 2.64. The Labute approximate surface area is 113 Å². The van der Waals surface area contributed by atoms with Gasteiger partial charge in [-0.15, -0.1) is 0 Å². The predicted octanol–water partition coefficient (Wildman–Crippen LogP) is 2.78. The molecule has 19 heavy (non-hydrogen) atoms. The Morgan fingerprint density at radius 2 is 2.21 bits per heavy atom. The summed E-state index contributed by atoms with van der Waals surface area (Å²) in [4.78, 5) is 13.9. The number of carbonyl (C=O) groups excluding carboxylic acids is 1. The highest BCUT2D eigenvalue weighted by Crippen LogP contribution is 2.22. The second kappa shape index (κ2) is 6.15. The molecule has 0 aromatic heterocycles. The van der Waals surface area contributed by atoms with E-state index in [0.29, 0.717) is 18.7 Å². The number of nitrogens with zero attached hydrogens (tertiary/aromatic N) is 1. The highest BCUT2D eigenvalue weighted by molar-refractivity contribution is 5.84. The van der Waals surface area contributed by atoms with Crippen molar-refractivity contribution in [1.29, 1.82) is 0 Å². The number of benzene rings is 1. The first-order chi connectivity index (χ1) is 9.11. The summed E-state index contributed by atoms with van der Waals surface area (Å²) in [5.41, 5.74) is 0.860. The maximum atomic E-state index is 13.6. The van der Waals surface area contributed by atoms with Gasteiger partial charge in [0, 0.05) is 13.0 Å². The number of rotatable bonds is 4. The van der Waals surface area contributed by atoms with Gasteiger partial charge in [0.1, 0.15) is 5.78 Å². The minimum absolute atomic E-state index is 0.0149. The standard InChI is InChI=1S/C15H20FNO2/c1-17(13-5-3-4-6-14(13)18)10-11-7-8-15(19-2)12(16)9-11/h7-9,13H,3-6,10H2,1-2H3. The van der Waals surface area contributed by atoms with E-state index in [1.807, 2.05) is 18.0 Å². The molecule has 0 aliphatic heterocycles. The molecule has 0 bridgehead atoms. The molecule has 2 rings (SSSR count). The van der Waals surface area contributed by atoms with Crippen molar-refractivity contribution in [1.82, 2.24) is 4.90 Å². The van der Waals surface area contributed by atoms with Crippen molar-refractivity contribution in [2.75, 3.05) is 14.2 Å². The van der Waals surface area contributed by atoms with Crippen LogP contribution in [0.3, 0.4) is 0 Å². The zero-order valence-electron chi connectivity index (χ0n) is 11.5. The second-order valence-corrected chi connectivity index (χ2v) is 5.11. The van der Waals surface area contributed by atoms with Crippen LogP contribution in [0, 0.1) is 5.82 Å². The molecule has 1 fully saturated rings. The second-order valence-electron chi connectivity index (χ2n) is 5.11. The van der Waals surface area contributed by atoms with Crippen LogP contribution < -0.4 is 4.74 Å². The van der Waals surface area contributed by atoms with E-state index in [0.717, 1.165) is 24.8 Å². The average Bonchev–Trinajstić information content (AvgIpc) is 2.39. The molecule has 4 heteroatoms. The Bertz CT molecular complexity index is 461. The van der Waals surface area contributed by atoms with Gasteiger partial charge in [-0.25, -0.2) is 4.39 Å². The molecule has 0 saturated heterocycles. The van der Waals surface area contributed by atoms with E-state index in [9.17, 15) is 9.18 Å². The van der Waals surface area contributed by atoms with Crippen LogP contribution in [0.1, 0.15) is 31.2 Å². The van der Waals surface area contributed by atoms with Crippen molar-refractivity contribution < 1.29 is 13.9 Å². The topological polar surface area (TPSA) is 29.5 Å². The lowest BCUT2D eigenvalue weighted by atomic mass is 9.93. The molecule has 1 aliphatic rings. The van der Waals surface area contributed by atoms with Crippen molar-refractivity contribution >= 4 is 5.78 Å². The van der Waals surface area contributed by atoms with Gasteiger partial charge in [0.25, 0.3) is 0 Å². The van der Waals surface area contributed by atoms with Gasteiger partial charge in [-0.1, -0.05) is 12.5 Å². The molecule has 0 spiro atoms. The van der Waals surface area contributed by atoms with E-state index in [2.05, 4.69) is 0 Å². The summed E-state index contributed by atoms with van der Waals surface area (Å²) in [6.45, 7) is 0.581. The third-order valence-electron chi connectivity index (χ3n) is 3.70. The molecule has 0 amide bonds. The van der Waals surface area contributed by atoms with Crippen molar-refractivity contribution in [3.8, 4) is 5.75 Å². The van der Waals surface area contributed by atoms with Gasteiger partial charge >= 0.3 is 0 Å². The normalized spacial score (nSPS) is 19.8. The zero-order chi connectivity index (χ0) is 13.8. The summed E-state index contributed by atoms with van der Waals surface area (Å²) in [7, 11) is 3.38. The molecule has 0 radical (unpaired) electrons. The molecule has 1 aromatic carbocycles. The molecule has 0 heterocycles. The van der Waals surface area contributed by atoms with Gasteiger partial charge in [-0.05, 0) is 37.6 Å². The third kappa shape index (κ3) is 3.32. The lowest BCUT2D eigenvalue weighted by Crippen LogP contribution is -2.39. The fourth-order valence-electron chi connectivity index (χ4n) is 2.64. The van der Waals surface area contributed by atoms with Crippen molar-refractivity contribution in [2.24, 2.45) is 0 Å². The van der Waals surface area contributed by atoms with Gasteiger partial charge in [0.15, 0.2) is 11.6 Å². The first kappa shape index (κ1) is 14.0. The van der Waals surface area contributed by atoms with E-state index in [-0.39, 0.29) is 17.6 Å². The number of ether oxygens (including phenoxy) is 1. The molecule has 1 atom stereocenters. The van der Waals surface area contributed by atoms with Crippen LogP contribution in [0.5, 0.6) is 5.75 Å². The molecule has 1 aliphatic carbocycles. The third-order valence-corrected chi connectivity index (χ3v) is 3.70. The van der Waals surface area contributed by atoms with Crippen LogP contribution >= 0.6 is 0 Å². The van der Waals surface area contributed by atoms with Gasteiger partial charge in [-0.3, -0.25) is 9.69 Å². The van der Waals surface area contributed by atoms with Crippen LogP contribution in [0.25, 0.3) is 0 Å². The summed E-state index contributed by atoms with van der Waals surface area (Å²) >= 11 is 0. The molecule has 1 saturated carbocycles. The summed E-state index contributed by atoms with van der Waals surface area (Å²) in [5.74, 6) is 0.200. The Morgan fingerprint density at radius 1 is 1.42 bits per heavy atom. The maximum Gasteiger partial charge on any atom is 0.165 e. The molecule has 104 valence electrons. The summed E-state index contributed by atoms with van der Waals surface area (Å²) in [5, 5.41) is 0. The number of methoxy groups -OCH3 is 1. The van der Waals surface area contributed by atoms with Crippen molar-refractivity contribution in [3.63, 3.8) is 0 Å². The van der Waals surface area contributed by atoms with Crippen LogP contribution in [0.4, 0.5) is 4.39 Å². The number of halogens is 1. The van der Waals surface area contributed by atoms with Gasteiger partial charge < -0.3 is 4.74 Å². The average molecular weight is 265 g/mol. The van der Waals surface area contributed by atoms with Crippen LogP contribution in [0.15, 0.2) is 18.2 Å². The van der Waals surface area contributed by atoms with E-state index >= 15 is 0 Å². The summed E-state index contributed by atoms with van der Waals surface area (Å²) in [6, 6.07) is 4.93. The van der Waals surface area contributed by atoms with Crippen LogP contribution in [-0.2, 0) is 11.3 Å². The smallest absolute Gasteiger partial charge is 0.165 e. The van der Waals surface area contributed by atoms with Crippen LogP contribution in [-0.4, -0.2) is 30.9 Å².